The standard InChI is InChI=1S/C37H45N6O8P/c1-6-50-32(44)12-8-10-25(3)24-52(48,43(4)23-33(45)51-7-2)29-19-15-27(16-20-29)34(26-13-17-28(49-5)18-14-26)40-36(46)30-22-38-35(41-37(30)47)31-11-9-21-39-42-31/h9,11,13-22,25,34H,6-8,10,12,23-24H2,1-5H3,(H,40,46)(H,38,41,47). The SMILES string of the molecule is CCOC(=O)CCCC(C)CP(=O)(c1ccc(C(NC(=O)c2cnc(-c3cccnn3)[nH]c2=O)c2ccc(OC)cc2)cc1)N(C)CC(=O)OCC. The molecule has 0 saturated heterocycles. The van der Waals surface area contributed by atoms with Crippen molar-refractivity contribution in [2.45, 2.75) is 46.1 Å². The van der Waals surface area contributed by atoms with Gasteiger partial charge in [0.1, 0.15) is 23.6 Å². The predicted octanol–water partition coefficient (Wildman–Crippen LogP) is 4.52. The number of rotatable bonds is 18. The molecule has 0 fully saturated rings. The van der Waals surface area contributed by atoms with Crippen molar-refractivity contribution < 1.29 is 33.2 Å². The Bertz CT molecular complexity index is 1900. The Kier molecular flexibility index (Phi) is 14.4. The molecule has 0 aliphatic rings. The molecule has 2 aromatic heterocycles. The maximum Gasteiger partial charge on any atom is 0.320 e. The second-order valence-electron chi connectivity index (χ2n) is 12.2. The van der Waals surface area contributed by atoms with Crippen LogP contribution in [-0.2, 0) is 23.6 Å². The van der Waals surface area contributed by atoms with Crippen LogP contribution in [0, 0.1) is 5.92 Å². The number of ether oxygens (including phenoxy) is 3. The third-order valence-electron chi connectivity index (χ3n) is 8.37. The molecule has 52 heavy (non-hydrogen) atoms. The highest BCUT2D eigenvalue weighted by atomic mass is 31.2. The van der Waals surface area contributed by atoms with Crippen molar-refractivity contribution in [3.8, 4) is 17.3 Å². The number of hydrogen-bond donors (Lipinski definition) is 2. The number of carbonyl (C=O) groups is 3. The van der Waals surface area contributed by atoms with Gasteiger partial charge in [-0.25, -0.2) is 9.65 Å². The second-order valence-corrected chi connectivity index (χ2v) is 15.1. The van der Waals surface area contributed by atoms with Crippen molar-refractivity contribution in [3.05, 3.63) is 100 Å². The van der Waals surface area contributed by atoms with Gasteiger partial charge in [0.05, 0.1) is 26.4 Å². The van der Waals surface area contributed by atoms with E-state index in [1.165, 1.54) is 12.4 Å². The smallest absolute Gasteiger partial charge is 0.320 e. The number of likely N-dealkylation sites (N-methyl/N-ethyl adjacent to an activating group) is 1. The second kappa shape index (κ2) is 18.9. The van der Waals surface area contributed by atoms with Crippen molar-refractivity contribution in [2.75, 3.05) is 40.1 Å². The normalized spacial score (nSPS) is 13.4. The summed E-state index contributed by atoms with van der Waals surface area (Å²) in [5.41, 5.74) is 0.827. The van der Waals surface area contributed by atoms with Crippen molar-refractivity contribution in [1.29, 1.82) is 0 Å². The molecule has 1 amide bonds. The fourth-order valence-electron chi connectivity index (χ4n) is 5.67. The molecule has 4 aromatic rings. The monoisotopic (exact) mass is 732 g/mol. The number of nitrogens with zero attached hydrogens (tertiary/aromatic N) is 4. The molecule has 14 nitrogen and oxygen atoms in total. The van der Waals surface area contributed by atoms with Crippen LogP contribution in [0.5, 0.6) is 5.75 Å². The van der Waals surface area contributed by atoms with Crippen molar-refractivity contribution in [2.24, 2.45) is 5.92 Å². The molecule has 3 unspecified atom stereocenters. The van der Waals surface area contributed by atoms with Gasteiger partial charge in [0.25, 0.3) is 11.5 Å². The van der Waals surface area contributed by atoms with Crippen molar-refractivity contribution >= 4 is 30.4 Å². The third-order valence-corrected chi connectivity index (χ3v) is 11.8. The zero-order chi connectivity index (χ0) is 37.7. The minimum atomic E-state index is -3.37. The molecular weight excluding hydrogens is 687 g/mol. The number of aromatic amines is 1. The fourth-order valence-corrected chi connectivity index (χ4v) is 8.54. The number of hydrogen-bond acceptors (Lipinski definition) is 11. The quantitative estimate of drug-likeness (QED) is 0.108. The minimum absolute atomic E-state index is 0.0528. The summed E-state index contributed by atoms with van der Waals surface area (Å²) in [6.07, 6.45) is 4.41. The Morgan fingerprint density at radius 3 is 2.21 bits per heavy atom. The van der Waals surface area contributed by atoms with Gasteiger partial charge in [0, 0.05) is 30.3 Å². The number of carbonyl (C=O) groups excluding carboxylic acids is 3. The number of aromatic nitrogens is 4. The summed E-state index contributed by atoms with van der Waals surface area (Å²) in [5, 5.41) is 11.2. The summed E-state index contributed by atoms with van der Waals surface area (Å²) < 4.78 is 32.0. The minimum Gasteiger partial charge on any atom is -0.497 e. The molecule has 2 N–H and O–H groups in total. The molecule has 0 aliphatic carbocycles. The Morgan fingerprint density at radius 2 is 1.62 bits per heavy atom. The highest BCUT2D eigenvalue weighted by molar-refractivity contribution is 7.69. The summed E-state index contributed by atoms with van der Waals surface area (Å²) in [4.78, 5) is 57.8. The molecule has 0 aliphatic heterocycles. The summed E-state index contributed by atoms with van der Waals surface area (Å²) in [5.74, 6) is -0.697. The van der Waals surface area contributed by atoms with Crippen molar-refractivity contribution in [3.63, 3.8) is 0 Å². The van der Waals surface area contributed by atoms with E-state index in [2.05, 4.69) is 25.5 Å². The van der Waals surface area contributed by atoms with Crippen molar-refractivity contribution in [1.82, 2.24) is 30.2 Å². The van der Waals surface area contributed by atoms with Crippen LogP contribution in [0.15, 0.2) is 77.9 Å². The van der Waals surface area contributed by atoms with Gasteiger partial charge in [-0.15, -0.1) is 5.10 Å². The van der Waals surface area contributed by atoms with Gasteiger partial charge in [-0.1, -0.05) is 31.2 Å². The van der Waals surface area contributed by atoms with Crippen LogP contribution in [0.1, 0.15) is 67.6 Å². The molecular formula is C37H45N6O8P. The van der Waals surface area contributed by atoms with E-state index >= 15 is 0 Å². The molecule has 276 valence electrons. The van der Waals surface area contributed by atoms with Crippen LogP contribution in [-0.4, -0.2) is 82.8 Å². The van der Waals surface area contributed by atoms with Gasteiger partial charge in [-0.2, -0.15) is 5.10 Å². The van der Waals surface area contributed by atoms with Crippen LogP contribution in [0.2, 0.25) is 0 Å². The van der Waals surface area contributed by atoms with E-state index in [1.54, 1.807) is 93.3 Å². The molecule has 2 aromatic carbocycles. The van der Waals surface area contributed by atoms with Gasteiger partial charge in [0.15, 0.2) is 13.1 Å². The Hall–Kier alpha value is -5.20. The molecule has 0 bridgehead atoms. The van der Waals surface area contributed by atoms with E-state index in [0.717, 1.165) is 0 Å². The molecule has 0 spiro atoms. The third kappa shape index (κ3) is 10.4. The fraction of sp³-hybridized carbons (Fsp3) is 0.378. The van der Waals surface area contributed by atoms with Gasteiger partial charge in [-0.05, 0) is 87.2 Å². The van der Waals surface area contributed by atoms with E-state index in [0.29, 0.717) is 47.3 Å². The number of benzene rings is 2. The van der Waals surface area contributed by atoms with Gasteiger partial charge in [-0.3, -0.25) is 19.2 Å². The van der Waals surface area contributed by atoms with Crippen LogP contribution < -0.4 is 20.9 Å². The lowest BCUT2D eigenvalue weighted by atomic mass is 9.98. The summed E-state index contributed by atoms with van der Waals surface area (Å²) in [7, 11) is -0.180. The highest BCUT2D eigenvalue weighted by Gasteiger charge is 2.34. The summed E-state index contributed by atoms with van der Waals surface area (Å²) in [6.45, 7) is 5.77. The summed E-state index contributed by atoms with van der Waals surface area (Å²) >= 11 is 0. The van der Waals surface area contributed by atoms with Gasteiger partial charge in [0.2, 0.25) is 0 Å². The van der Waals surface area contributed by atoms with E-state index in [1.807, 2.05) is 6.92 Å². The maximum absolute atomic E-state index is 14.9. The number of methoxy groups -OCH3 is 1. The van der Waals surface area contributed by atoms with Crippen LogP contribution >= 0.6 is 7.29 Å². The lowest BCUT2D eigenvalue weighted by Crippen LogP contribution is -2.34. The zero-order valence-electron chi connectivity index (χ0n) is 30.0. The Morgan fingerprint density at radius 1 is 0.962 bits per heavy atom. The van der Waals surface area contributed by atoms with Gasteiger partial charge < -0.3 is 29.1 Å². The number of esters is 2. The lowest BCUT2D eigenvalue weighted by Gasteiger charge is -2.31. The maximum atomic E-state index is 14.9. The Balaban J connectivity index is 1.64. The molecule has 3 atom stereocenters. The van der Waals surface area contributed by atoms with Crippen LogP contribution in [0.25, 0.3) is 11.5 Å². The molecule has 0 radical (unpaired) electrons. The first-order valence-electron chi connectivity index (χ1n) is 17.0. The first-order chi connectivity index (χ1) is 25.0. The molecule has 0 saturated carbocycles. The topological polar surface area (TPSA) is 183 Å². The largest absolute Gasteiger partial charge is 0.497 e. The molecule has 2 heterocycles. The number of H-pyrrole nitrogens is 1. The first kappa shape index (κ1) is 39.6. The van der Waals surface area contributed by atoms with E-state index in [-0.39, 0.29) is 49.0 Å². The highest BCUT2D eigenvalue weighted by Crippen LogP contribution is 2.49. The zero-order valence-corrected chi connectivity index (χ0v) is 30.9. The van der Waals surface area contributed by atoms with Gasteiger partial charge >= 0.3 is 11.9 Å². The number of nitrogens with one attached hydrogen (secondary N) is 2. The number of amides is 1. The molecule has 4 rings (SSSR count). The predicted molar refractivity (Wildman–Crippen MR) is 196 cm³/mol. The van der Waals surface area contributed by atoms with E-state index in [9.17, 15) is 23.7 Å². The Labute approximate surface area is 302 Å². The summed E-state index contributed by atoms with van der Waals surface area (Å²) in [6, 6.07) is 16.7. The molecule has 15 heteroatoms. The van der Waals surface area contributed by atoms with Crippen LogP contribution in [0.4, 0.5) is 0 Å². The van der Waals surface area contributed by atoms with E-state index < -0.39 is 30.8 Å². The average Bonchev–Trinajstić information content (AvgIpc) is 3.14. The van der Waals surface area contributed by atoms with Crippen LogP contribution in [0.3, 0.4) is 0 Å². The lowest BCUT2D eigenvalue weighted by molar-refractivity contribution is -0.144. The first-order valence-corrected chi connectivity index (χ1v) is 18.9. The van der Waals surface area contributed by atoms with E-state index in [4.69, 9.17) is 14.2 Å². The average molecular weight is 733 g/mol.